The van der Waals surface area contributed by atoms with E-state index in [4.69, 9.17) is 19.2 Å². The predicted octanol–water partition coefficient (Wildman–Crippen LogP) is 4.28. The Morgan fingerprint density at radius 1 is 1.13 bits per heavy atom. The molecule has 0 amide bonds. The Hall–Kier alpha value is -2.16. The van der Waals surface area contributed by atoms with Crippen LogP contribution in [0, 0.1) is 6.92 Å². The number of anilines is 1. The largest absolute Gasteiger partial charge is 0.491 e. The molecule has 0 bridgehead atoms. The Morgan fingerprint density at radius 2 is 1.94 bits per heavy atom. The molecule has 0 aliphatic heterocycles. The lowest BCUT2D eigenvalue weighted by Gasteiger charge is -2.14. The van der Waals surface area contributed by atoms with Crippen LogP contribution in [0.5, 0.6) is 5.75 Å². The summed E-state index contributed by atoms with van der Waals surface area (Å²) in [6.45, 7) is 9.51. The molecule has 7 nitrogen and oxygen atoms in total. The first-order valence-electron chi connectivity index (χ1n) is 10.9. The van der Waals surface area contributed by atoms with Gasteiger partial charge in [-0.3, -0.25) is 4.99 Å². The second-order valence-corrected chi connectivity index (χ2v) is 8.36. The van der Waals surface area contributed by atoms with Crippen molar-refractivity contribution in [2.75, 3.05) is 45.3 Å². The lowest BCUT2D eigenvalue weighted by atomic mass is 10.3. The number of aromatic nitrogens is 1. The first kappa shape index (κ1) is 25.1. The second kappa shape index (κ2) is 14.8. The minimum absolute atomic E-state index is 0.158. The molecule has 172 valence electrons. The molecule has 2 rings (SSSR count). The van der Waals surface area contributed by atoms with E-state index in [1.165, 1.54) is 5.01 Å². The van der Waals surface area contributed by atoms with Crippen molar-refractivity contribution in [2.24, 2.45) is 4.99 Å². The number of rotatable bonds is 14. The standard InChI is InChI=1S/C23H36N4O3S/c1-18(2)30-21-10-8-20(9-11-21)27-23(25-13-6-14-29-16-15-28-4)24-12-5-7-22-26-19(3)17-31-22/h8-11,17-18H,5-7,12-16H2,1-4H3,(H2,24,25,27). The van der Waals surface area contributed by atoms with Crippen LogP contribution in [0.2, 0.25) is 0 Å². The SMILES string of the molecule is COCCOCCCNC(=NCCCc1nc(C)cs1)Nc1ccc(OC(C)C)cc1. The Kier molecular flexibility index (Phi) is 12.0. The first-order chi connectivity index (χ1) is 15.1. The molecule has 2 N–H and O–H groups in total. The van der Waals surface area contributed by atoms with Gasteiger partial charge in [0.25, 0.3) is 0 Å². The van der Waals surface area contributed by atoms with Crippen LogP contribution in [0.1, 0.15) is 37.4 Å². The van der Waals surface area contributed by atoms with Gasteiger partial charge < -0.3 is 24.8 Å². The lowest BCUT2D eigenvalue weighted by Crippen LogP contribution is -2.32. The summed E-state index contributed by atoms with van der Waals surface area (Å²) in [5, 5.41) is 10.0. The molecule has 1 aromatic carbocycles. The fourth-order valence-electron chi connectivity index (χ4n) is 2.73. The smallest absolute Gasteiger partial charge is 0.195 e. The van der Waals surface area contributed by atoms with Crippen molar-refractivity contribution in [3.8, 4) is 5.75 Å². The average molecular weight is 449 g/mol. The van der Waals surface area contributed by atoms with E-state index < -0.39 is 0 Å². The highest BCUT2D eigenvalue weighted by atomic mass is 32.1. The lowest BCUT2D eigenvalue weighted by molar-refractivity contribution is 0.0699. The van der Waals surface area contributed by atoms with E-state index in [2.05, 4.69) is 21.0 Å². The molecule has 0 fully saturated rings. The summed E-state index contributed by atoms with van der Waals surface area (Å²) in [5.41, 5.74) is 2.05. The van der Waals surface area contributed by atoms with Crippen molar-refractivity contribution >= 4 is 23.0 Å². The summed E-state index contributed by atoms with van der Waals surface area (Å²) in [7, 11) is 1.68. The number of thiazole rings is 1. The highest BCUT2D eigenvalue weighted by Gasteiger charge is 2.03. The first-order valence-corrected chi connectivity index (χ1v) is 11.7. The monoisotopic (exact) mass is 448 g/mol. The van der Waals surface area contributed by atoms with E-state index in [9.17, 15) is 0 Å². The van der Waals surface area contributed by atoms with Crippen molar-refractivity contribution in [3.05, 3.63) is 40.3 Å². The number of methoxy groups -OCH3 is 1. The summed E-state index contributed by atoms with van der Waals surface area (Å²) < 4.78 is 16.2. The Bertz CT molecular complexity index is 762. The fourth-order valence-corrected chi connectivity index (χ4v) is 3.55. The van der Waals surface area contributed by atoms with E-state index >= 15 is 0 Å². The number of aliphatic imine (C=N–C) groups is 1. The Morgan fingerprint density at radius 3 is 2.61 bits per heavy atom. The van der Waals surface area contributed by atoms with Gasteiger partial charge in [0.1, 0.15) is 5.75 Å². The Labute approximate surface area is 190 Å². The van der Waals surface area contributed by atoms with E-state index in [-0.39, 0.29) is 6.10 Å². The molecule has 0 radical (unpaired) electrons. The molecule has 2 aromatic rings. The number of hydrogen-bond acceptors (Lipinski definition) is 6. The zero-order valence-electron chi connectivity index (χ0n) is 19.1. The molecule has 8 heteroatoms. The molecule has 0 saturated carbocycles. The quantitative estimate of drug-likeness (QED) is 0.255. The molecule has 0 spiro atoms. The minimum Gasteiger partial charge on any atom is -0.491 e. The molecule has 31 heavy (non-hydrogen) atoms. The number of aryl methyl sites for hydroxylation is 2. The summed E-state index contributed by atoms with van der Waals surface area (Å²) in [5.74, 6) is 1.63. The van der Waals surface area contributed by atoms with Gasteiger partial charge in [-0.2, -0.15) is 0 Å². The molecule has 0 atom stereocenters. The van der Waals surface area contributed by atoms with Gasteiger partial charge in [-0.25, -0.2) is 4.98 Å². The van der Waals surface area contributed by atoms with Gasteiger partial charge in [-0.05, 0) is 57.9 Å². The van der Waals surface area contributed by atoms with Gasteiger partial charge in [0, 0.05) is 50.0 Å². The van der Waals surface area contributed by atoms with E-state index in [0.29, 0.717) is 19.8 Å². The maximum atomic E-state index is 5.72. The maximum Gasteiger partial charge on any atom is 0.195 e. The van der Waals surface area contributed by atoms with Crippen LogP contribution >= 0.6 is 11.3 Å². The Balaban J connectivity index is 1.84. The van der Waals surface area contributed by atoms with Crippen LogP contribution in [-0.2, 0) is 15.9 Å². The van der Waals surface area contributed by atoms with E-state index in [1.54, 1.807) is 18.4 Å². The van der Waals surface area contributed by atoms with Crippen LogP contribution in [0.25, 0.3) is 0 Å². The van der Waals surface area contributed by atoms with Crippen molar-refractivity contribution in [1.29, 1.82) is 0 Å². The number of hydrogen-bond donors (Lipinski definition) is 2. The highest BCUT2D eigenvalue weighted by molar-refractivity contribution is 7.09. The maximum absolute atomic E-state index is 5.72. The summed E-state index contributed by atoms with van der Waals surface area (Å²) in [6, 6.07) is 7.94. The summed E-state index contributed by atoms with van der Waals surface area (Å²) >= 11 is 1.72. The van der Waals surface area contributed by atoms with Crippen LogP contribution < -0.4 is 15.4 Å². The van der Waals surface area contributed by atoms with Crippen LogP contribution in [0.15, 0.2) is 34.6 Å². The van der Waals surface area contributed by atoms with Crippen molar-refractivity contribution < 1.29 is 14.2 Å². The third kappa shape index (κ3) is 11.1. The molecular weight excluding hydrogens is 412 g/mol. The molecule has 0 aliphatic carbocycles. The number of guanidine groups is 1. The van der Waals surface area contributed by atoms with Crippen LogP contribution in [-0.4, -0.2) is 57.1 Å². The third-order valence-corrected chi connectivity index (χ3v) is 5.19. The third-order valence-electron chi connectivity index (χ3n) is 4.16. The number of benzene rings is 1. The van der Waals surface area contributed by atoms with Gasteiger partial charge in [0.15, 0.2) is 5.96 Å². The van der Waals surface area contributed by atoms with Gasteiger partial charge in [0.05, 0.1) is 24.3 Å². The zero-order chi connectivity index (χ0) is 22.3. The summed E-state index contributed by atoms with van der Waals surface area (Å²) in [6.07, 6.45) is 2.96. The molecule has 1 heterocycles. The molecular formula is C23H36N4O3S. The molecule has 1 aromatic heterocycles. The van der Waals surface area contributed by atoms with Gasteiger partial charge in [-0.15, -0.1) is 11.3 Å². The van der Waals surface area contributed by atoms with Crippen molar-refractivity contribution in [3.63, 3.8) is 0 Å². The normalized spacial score (nSPS) is 11.7. The fraction of sp³-hybridized carbons (Fsp3) is 0.565. The van der Waals surface area contributed by atoms with Gasteiger partial charge in [-0.1, -0.05) is 0 Å². The molecule has 0 unspecified atom stereocenters. The molecule has 0 saturated heterocycles. The minimum atomic E-state index is 0.158. The van der Waals surface area contributed by atoms with Crippen LogP contribution in [0.3, 0.4) is 0 Å². The molecule has 0 aliphatic rings. The average Bonchev–Trinajstić information content (AvgIpc) is 3.16. The number of ether oxygens (including phenoxy) is 3. The predicted molar refractivity (Wildman–Crippen MR) is 129 cm³/mol. The topological polar surface area (TPSA) is 77.0 Å². The van der Waals surface area contributed by atoms with Crippen molar-refractivity contribution in [1.82, 2.24) is 10.3 Å². The van der Waals surface area contributed by atoms with Gasteiger partial charge in [0.2, 0.25) is 0 Å². The number of nitrogens with zero attached hydrogens (tertiary/aromatic N) is 2. The van der Waals surface area contributed by atoms with Gasteiger partial charge >= 0.3 is 0 Å². The van der Waals surface area contributed by atoms with E-state index in [1.807, 2.05) is 45.0 Å². The van der Waals surface area contributed by atoms with Crippen molar-refractivity contribution in [2.45, 2.75) is 46.1 Å². The zero-order valence-corrected chi connectivity index (χ0v) is 20.0. The second-order valence-electron chi connectivity index (χ2n) is 7.42. The van der Waals surface area contributed by atoms with Crippen LogP contribution in [0.4, 0.5) is 5.69 Å². The highest BCUT2D eigenvalue weighted by Crippen LogP contribution is 2.17. The van der Waals surface area contributed by atoms with E-state index in [0.717, 1.165) is 55.4 Å². The summed E-state index contributed by atoms with van der Waals surface area (Å²) in [4.78, 5) is 9.26. The number of nitrogens with one attached hydrogen (secondary N) is 2.